The van der Waals surface area contributed by atoms with Gasteiger partial charge in [0, 0.05) is 44.0 Å². The molecule has 0 spiro atoms. The fourth-order valence-corrected chi connectivity index (χ4v) is 6.72. The Morgan fingerprint density at radius 2 is 1.54 bits per heavy atom. The zero-order chi connectivity index (χ0) is 34.6. The van der Waals surface area contributed by atoms with Gasteiger partial charge >= 0.3 is 6.09 Å². The summed E-state index contributed by atoms with van der Waals surface area (Å²) in [4.78, 5) is 46.8. The number of ether oxygens (including phenoxy) is 1. The molecule has 5 rings (SSSR count). The lowest BCUT2D eigenvalue weighted by molar-refractivity contribution is -0.138. The lowest BCUT2D eigenvalue weighted by Gasteiger charge is -2.39. The molecule has 0 bridgehead atoms. The number of rotatable bonds is 8. The van der Waals surface area contributed by atoms with Crippen LogP contribution in [-0.2, 0) is 43.7 Å². The summed E-state index contributed by atoms with van der Waals surface area (Å²) < 4.78 is 32.2. The number of hydrogen-bond donors (Lipinski definition) is 2. The third-order valence-electron chi connectivity index (χ3n) is 8.28. The second-order valence-electron chi connectivity index (χ2n) is 13.2. The molecule has 0 aromatic heterocycles. The molecule has 1 saturated heterocycles. The van der Waals surface area contributed by atoms with Gasteiger partial charge in [0.15, 0.2) is 0 Å². The molecule has 3 aromatic rings. The van der Waals surface area contributed by atoms with E-state index >= 15 is 0 Å². The van der Waals surface area contributed by atoms with Crippen molar-refractivity contribution < 1.29 is 27.5 Å². The van der Waals surface area contributed by atoms with E-state index in [1.54, 1.807) is 49.9 Å². The number of piperazine rings is 1. The van der Waals surface area contributed by atoms with Crippen molar-refractivity contribution in [3.63, 3.8) is 0 Å². The van der Waals surface area contributed by atoms with E-state index in [0.29, 0.717) is 36.9 Å². The number of hydrogen-bond acceptors (Lipinski definition) is 7. The summed E-state index contributed by atoms with van der Waals surface area (Å²) >= 11 is 6.13. The lowest BCUT2D eigenvalue weighted by Crippen LogP contribution is -2.59. The summed E-state index contributed by atoms with van der Waals surface area (Å²) in [5.41, 5.74) is 3.14. The minimum absolute atomic E-state index is 0.205. The number of amides is 3. The van der Waals surface area contributed by atoms with E-state index in [2.05, 4.69) is 10.0 Å². The molecule has 2 atom stereocenters. The average Bonchev–Trinajstić information content (AvgIpc) is 3.03. The molecular weight excluding hydrogens is 654 g/mol. The SMILES string of the molecule is CC(C)(C)OC(=O)N1Cc2ccccc2CC1C(=O)NC(Cc1ccc(Cl)cc1)C(=O)N1CCN(c2ccccc2NS(C)(=O)=O)CC1. The van der Waals surface area contributed by atoms with Gasteiger partial charge in [-0.3, -0.25) is 19.2 Å². The first-order valence-electron chi connectivity index (χ1n) is 15.9. The number of halogens is 1. The average molecular weight is 696 g/mol. The van der Waals surface area contributed by atoms with Crippen molar-refractivity contribution in [1.29, 1.82) is 0 Å². The fraction of sp³-hybridized carbons (Fsp3) is 0.400. The van der Waals surface area contributed by atoms with E-state index in [0.717, 1.165) is 28.6 Å². The van der Waals surface area contributed by atoms with Crippen LogP contribution >= 0.6 is 11.6 Å². The zero-order valence-corrected chi connectivity index (χ0v) is 29.2. The third kappa shape index (κ3) is 8.99. The van der Waals surface area contributed by atoms with E-state index in [4.69, 9.17) is 16.3 Å². The molecule has 2 aliphatic rings. The minimum atomic E-state index is -3.48. The van der Waals surface area contributed by atoms with E-state index in [1.165, 1.54) is 4.90 Å². The van der Waals surface area contributed by atoms with Gasteiger partial charge in [0.25, 0.3) is 0 Å². The van der Waals surface area contributed by atoms with Crippen LogP contribution in [0.4, 0.5) is 16.2 Å². The molecule has 1 fully saturated rings. The summed E-state index contributed by atoms with van der Waals surface area (Å²) in [5, 5.41) is 3.56. The van der Waals surface area contributed by atoms with Crippen LogP contribution in [0.2, 0.25) is 5.02 Å². The molecule has 2 heterocycles. The Morgan fingerprint density at radius 1 is 0.917 bits per heavy atom. The molecule has 13 heteroatoms. The molecule has 0 saturated carbocycles. The number of para-hydroxylation sites is 2. The smallest absolute Gasteiger partial charge is 0.411 e. The molecule has 2 N–H and O–H groups in total. The molecule has 48 heavy (non-hydrogen) atoms. The summed E-state index contributed by atoms with van der Waals surface area (Å²) in [6.45, 7) is 7.18. The zero-order valence-electron chi connectivity index (χ0n) is 27.6. The molecule has 3 aromatic carbocycles. The van der Waals surface area contributed by atoms with Crippen molar-refractivity contribution in [2.75, 3.05) is 42.1 Å². The van der Waals surface area contributed by atoms with Crippen LogP contribution in [0.5, 0.6) is 0 Å². The lowest BCUT2D eigenvalue weighted by atomic mass is 9.93. The maximum atomic E-state index is 14.2. The first kappa shape index (κ1) is 35.0. The number of nitrogens with zero attached hydrogens (tertiary/aromatic N) is 3. The molecule has 2 aliphatic heterocycles. The van der Waals surface area contributed by atoms with Gasteiger partial charge in [0.2, 0.25) is 21.8 Å². The predicted molar refractivity (Wildman–Crippen MR) is 186 cm³/mol. The maximum Gasteiger partial charge on any atom is 0.411 e. The van der Waals surface area contributed by atoms with Crippen LogP contribution in [0.3, 0.4) is 0 Å². The Balaban J connectivity index is 1.36. The standard InChI is InChI=1S/C35H42ClN5O6S/c1-35(2,3)47-34(44)41-23-26-10-6-5-9-25(26)22-31(41)32(42)37-29(21-24-13-15-27(36)16-14-24)33(43)40-19-17-39(18-20-40)30-12-8-7-11-28(30)38-48(4,45)46/h5-16,29,31,38H,17-23H2,1-4H3,(H,37,42). The monoisotopic (exact) mass is 695 g/mol. The molecular formula is C35H42ClN5O6S. The highest BCUT2D eigenvalue weighted by molar-refractivity contribution is 7.92. The van der Waals surface area contributed by atoms with Gasteiger partial charge in [0.1, 0.15) is 17.7 Å². The summed E-state index contributed by atoms with van der Waals surface area (Å²) in [5.74, 6) is -0.692. The van der Waals surface area contributed by atoms with Crippen LogP contribution in [-0.4, -0.2) is 86.2 Å². The number of carbonyl (C=O) groups is 3. The summed E-state index contributed by atoms with van der Waals surface area (Å²) in [6.07, 6.45) is 1.01. The highest BCUT2D eigenvalue weighted by atomic mass is 35.5. The van der Waals surface area contributed by atoms with Crippen LogP contribution in [0.15, 0.2) is 72.8 Å². The number of sulfonamides is 1. The van der Waals surface area contributed by atoms with Crippen LogP contribution in [0, 0.1) is 0 Å². The largest absolute Gasteiger partial charge is 0.444 e. The number of anilines is 2. The van der Waals surface area contributed by atoms with Gasteiger partial charge in [-0.15, -0.1) is 0 Å². The predicted octanol–water partition coefficient (Wildman–Crippen LogP) is 4.45. The number of benzene rings is 3. The van der Waals surface area contributed by atoms with Crippen LogP contribution in [0.25, 0.3) is 0 Å². The topological polar surface area (TPSA) is 128 Å². The van der Waals surface area contributed by atoms with E-state index in [9.17, 15) is 22.8 Å². The fourth-order valence-electron chi connectivity index (χ4n) is 6.02. The van der Waals surface area contributed by atoms with Crippen molar-refractivity contribution in [2.24, 2.45) is 0 Å². The molecule has 2 unspecified atom stereocenters. The first-order chi connectivity index (χ1) is 22.7. The Bertz CT molecular complexity index is 1750. The highest BCUT2D eigenvalue weighted by Gasteiger charge is 2.39. The Kier molecular flexibility index (Phi) is 10.5. The first-order valence-corrected chi connectivity index (χ1v) is 18.2. The van der Waals surface area contributed by atoms with Gasteiger partial charge in [-0.1, -0.05) is 60.1 Å². The number of nitrogens with one attached hydrogen (secondary N) is 2. The van der Waals surface area contributed by atoms with E-state index in [-0.39, 0.29) is 25.3 Å². The number of fused-ring (bicyclic) bond motifs is 1. The van der Waals surface area contributed by atoms with Crippen molar-refractivity contribution in [3.8, 4) is 0 Å². The highest BCUT2D eigenvalue weighted by Crippen LogP contribution is 2.28. The maximum absolute atomic E-state index is 14.2. The second-order valence-corrected chi connectivity index (χ2v) is 15.4. The van der Waals surface area contributed by atoms with Crippen molar-refractivity contribution >= 4 is 50.9 Å². The van der Waals surface area contributed by atoms with Crippen molar-refractivity contribution in [3.05, 3.63) is 94.5 Å². The Morgan fingerprint density at radius 3 is 2.19 bits per heavy atom. The number of carbonyl (C=O) groups excluding carboxylic acids is 3. The van der Waals surface area contributed by atoms with Crippen LogP contribution < -0.4 is 14.9 Å². The Labute approximate surface area is 287 Å². The molecule has 0 aliphatic carbocycles. The van der Waals surface area contributed by atoms with E-state index in [1.807, 2.05) is 53.4 Å². The van der Waals surface area contributed by atoms with Gasteiger partial charge < -0.3 is 19.9 Å². The minimum Gasteiger partial charge on any atom is -0.444 e. The van der Waals surface area contributed by atoms with Crippen molar-refractivity contribution in [2.45, 2.75) is 57.8 Å². The van der Waals surface area contributed by atoms with Crippen molar-refractivity contribution in [1.82, 2.24) is 15.1 Å². The summed E-state index contributed by atoms with van der Waals surface area (Å²) in [6, 6.07) is 20.1. The second kappa shape index (κ2) is 14.4. The van der Waals surface area contributed by atoms with Gasteiger partial charge in [-0.05, 0) is 61.7 Å². The van der Waals surface area contributed by atoms with Gasteiger partial charge in [0.05, 0.1) is 24.2 Å². The van der Waals surface area contributed by atoms with Gasteiger partial charge in [-0.2, -0.15) is 0 Å². The molecule has 3 amide bonds. The summed E-state index contributed by atoms with van der Waals surface area (Å²) in [7, 11) is -3.48. The Hall–Kier alpha value is -4.29. The normalized spacial score (nSPS) is 17.3. The third-order valence-corrected chi connectivity index (χ3v) is 9.12. The molecule has 11 nitrogen and oxygen atoms in total. The molecule has 0 radical (unpaired) electrons. The molecule has 256 valence electrons. The quantitative estimate of drug-likeness (QED) is 0.357. The van der Waals surface area contributed by atoms with E-state index < -0.39 is 39.7 Å². The van der Waals surface area contributed by atoms with Crippen LogP contribution in [0.1, 0.15) is 37.5 Å². The van der Waals surface area contributed by atoms with Gasteiger partial charge in [-0.25, -0.2) is 13.2 Å².